The molecular formula is C23H31N3O7. The summed E-state index contributed by atoms with van der Waals surface area (Å²) >= 11 is 0. The van der Waals surface area contributed by atoms with Gasteiger partial charge in [0.2, 0.25) is 5.91 Å². The Morgan fingerprint density at radius 3 is 2.33 bits per heavy atom. The fourth-order valence-electron chi connectivity index (χ4n) is 3.65. The Kier molecular flexibility index (Phi) is 10.1. The molecule has 10 heteroatoms. The van der Waals surface area contributed by atoms with Crippen molar-refractivity contribution in [3.8, 4) is 0 Å². The number of carbonyl (C=O) groups is 4. The molecule has 0 saturated carbocycles. The number of carbonyl (C=O) groups excluding carboxylic acids is 4. The number of ether oxygens (including phenoxy) is 3. The third-order valence-electron chi connectivity index (χ3n) is 5.51. The Hall–Kier alpha value is -3.14. The highest BCUT2D eigenvalue weighted by Crippen LogP contribution is 2.22. The Morgan fingerprint density at radius 1 is 1.15 bits per heavy atom. The SMILES string of the molecule is CCOC(=O)COC1CCN(C(=O)[C@H](C)CC(=O)c2ccc(C(N=N)C(=O)OC)cc2)CC1. The number of benzene rings is 1. The number of nitrogens with zero attached hydrogens (tertiary/aromatic N) is 2. The van der Waals surface area contributed by atoms with Crippen molar-refractivity contribution < 1.29 is 33.4 Å². The average molecular weight is 462 g/mol. The molecule has 1 fully saturated rings. The number of hydrogen-bond donors (Lipinski definition) is 1. The Balaban J connectivity index is 1.84. The molecule has 1 unspecified atom stereocenters. The molecule has 33 heavy (non-hydrogen) atoms. The van der Waals surface area contributed by atoms with E-state index < -0.39 is 23.9 Å². The van der Waals surface area contributed by atoms with Crippen LogP contribution in [0.15, 0.2) is 29.4 Å². The first-order valence-electron chi connectivity index (χ1n) is 10.9. The zero-order valence-electron chi connectivity index (χ0n) is 19.2. The number of nitrogens with one attached hydrogen (secondary N) is 1. The van der Waals surface area contributed by atoms with E-state index in [2.05, 4.69) is 9.85 Å². The summed E-state index contributed by atoms with van der Waals surface area (Å²) in [6.45, 7) is 4.69. The van der Waals surface area contributed by atoms with E-state index in [9.17, 15) is 19.2 Å². The van der Waals surface area contributed by atoms with E-state index in [1.807, 2.05) is 0 Å². The molecule has 0 bridgehead atoms. The van der Waals surface area contributed by atoms with Crippen LogP contribution < -0.4 is 0 Å². The normalized spacial score (nSPS) is 15.9. The van der Waals surface area contributed by atoms with Crippen LogP contribution in [0.25, 0.3) is 0 Å². The van der Waals surface area contributed by atoms with Crippen molar-refractivity contribution in [3.63, 3.8) is 0 Å². The van der Waals surface area contributed by atoms with Crippen LogP contribution in [0.3, 0.4) is 0 Å². The van der Waals surface area contributed by atoms with Crippen LogP contribution in [-0.4, -0.2) is 68.0 Å². The van der Waals surface area contributed by atoms with E-state index in [0.717, 1.165) is 0 Å². The van der Waals surface area contributed by atoms with Crippen LogP contribution in [0.4, 0.5) is 0 Å². The number of piperidine rings is 1. The lowest BCUT2D eigenvalue weighted by Gasteiger charge is -2.33. The Morgan fingerprint density at radius 2 is 1.79 bits per heavy atom. The number of Topliss-reactive ketones (excluding diaryl/α,β-unsaturated/α-hetero) is 1. The summed E-state index contributed by atoms with van der Waals surface area (Å²) in [4.78, 5) is 50.2. The zero-order valence-corrected chi connectivity index (χ0v) is 19.2. The van der Waals surface area contributed by atoms with Gasteiger partial charge in [-0.05, 0) is 25.3 Å². The predicted molar refractivity (Wildman–Crippen MR) is 117 cm³/mol. The fraction of sp³-hybridized carbons (Fsp3) is 0.565. The molecule has 1 heterocycles. The molecule has 1 aromatic rings. The summed E-state index contributed by atoms with van der Waals surface area (Å²) in [5.74, 6) is -1.82. The van der Waals surface area contributed by atoms with Crippen LogP contribution in [0.5, 0.6) is 0 Å². The van der Waals surface area contributed by atoms with Crippen molar-refractivity contribution in [1.29, 1.82) is 5.53 Å². The molecule has 180 valence electrons. The maximum atomic E-state index is 12.8. The fourth-order valence-corrected chi connectivity index (χ4v) is 3.65. The summed E-state index contributed by atoms with van der Waals surface area (Å²) in [5.41, 5.74) is 8.03. The number of hydrogen-bond acceptors (Lipinski definition) is 9. The van der Waals surface area contributed by atoms with Gasteiger partial charge in [0.05, 0.1) is 19.8 Å². The van der Waals surface area contributed by atoms with Gasteiger partial charge in [0, 0.05) is 31.0 Å². The molecule has 1 N–H and O–H groups in total. The highest BCUT2D eigenvalue weighted by Gasteiger charge is 2.28. The van der Waals surface area contributed by atoms with Crippen LogP contribution in [-0.2, 0) is 28.6 Å². The Bertz CT molecular complexity index is 848. The number of likely N-dealkylation sites (tertiary alicyclic amines) is 1. The highest BCUT2D eigenvalue weighted by atomic mass is 16.6. The first kappa shape index (κ1) is 26.1. The first-order chi connectivity index (χ1) is 15.8. The lowest BCUT2D eigenvalue weighted by molar-refractivity contribution is -0.152. The van der Waals surface area contributed by atoms with E-state index in [0.29, 0.717) is 43.7 Å². The second-order valence-corrected chi connectivity index (χ2v) is 7.85. The average Bonchev–Trinajstić information content (AvgIpc) is 2.83. The van der Waals surface area contributed by atoms with E-state index in [1.165, 1.54) is 7.11 Å². The minimum Gasteiger partial charge on any atom is -0.467 e. The van der Waals surface area contributed by atoms with Gasteiger partial charge < -0.3 is 19.1 Å². The largest absolute Gasteiger partial charge is 0.467 e. The highest BCUT2D eigenvalue weighted by molar-refractivity contribution is 5.98. The van der Waals surface area contributed by atoms with E-state index in [1.54, 1.807) is 43.0 Å². The van der Waals surface area contributed by atoms with Gasteiger partial charge in [-0.25, -0.2) is 15.1 Å². The van der Waals surface area contributed by atoms with Crippen molar-refractivity contribution in [1.82, 2.24) is 4.90 Å². The molecule has 1 saturated heterocycles. The molecule has 2 atom stereocenters. The van der Waals surface area contributed by atoms with Crippen LogP contribution in [0.2, 0.25) is 0 Å². The number of amides is 1. The molecule has 1 aliphatic heterocycles. The number of esters is 2. The monoisotopic (exact) mass is 461 g/mol. The number of methoxy groups -OCH3 is 1. The van der Waals surface area contributed by atoms with Gasteiger partial charge in [-0.1, -0.05) is 31.2 Å². The predicted octanol–water partition coefficient (Wildman–Crippen LogP) is 2.71. The van der Waals surface area contributed by atoms with Gasteiger partial charge in [-0.3, -0.25) is 9.59 Å². The third kappa shape index (κ3) is 7.45. The summed E-state index contributed by atoms with van der Waals surface area (Å²) in [6, 6.07) is 5.16. The lowest BCUT2D eigenvalue weighted by Crippen LogP contribution is -2.43. The number of rotatable bonds is 11. The van der Waals surface area contributed by atoms with E-state index in [-0.39, 0.29) is 30.8 Å². The Labute approximate surface area is 193 Å². The zero-order chi connectivity index (χ0) is 24.4. The maximum absolute atomic E-state index is 12.8. The van der Waals surface area contributed by atoms with Gasteiger partial charge in [0.15, 0.2) is 11.8 Å². The summed E-state index contributed by atoms with van der Waals surface area (Å²) in [6.07, 6.45) is 1.20. The van der Waals surface area contributed by atoms with E-state index >= 15 is 0 Å². The van der Waals surface area contributed by atoms with Crippen molar-refractivity contribution in [2.75, 3.05) is 33.4 Å². The van der Waals surface area contributed by atoms with Gasteiger partial charge >= 0.3 is 11.9 Å². The van der Waals surface area contributed by atoms with E-state index in [4.69, 9.17) is 15.0 Å². The van der Waals surface area contributed by atoms with Gasteiger partial charge in [0.25, 0.3) is 0 Å². The van der Waals surface area contributed by atoms with Crippen LogP contribution >= 0.6 is 0 Å². The minimum absolute atomic E-state index is 0.0563. The molecule has 1 aliphatic rings. The molecule has 0 aliphatic carbocycles. The second-order valence-electron chi connectivity index (χ2n) is 7.85. The smallest absolute Gasteiger partial charge is 0.337 e. The molecule has 0 aromatic heterocycles. The van der Waals surface area contributed by atoms with Crippen molar-refractivity contribution in [3.05, 3.63) is 35.4 Å². The third-order valence-corrected chi connectivity index (χ3v) is 5.51. The topological polar surface area (TPSA) is 135 Å². The maximum Gasteiger partial charge on any atom is 0.337 e. The van der Waals surface area contributed by atoms with Crippen LogP contribution in [0.1, 0.15) is 55.1 Å². The molecule has 1 amide bonds. The molecular weight excluding hydrogens is 430 g/mol. The molecule has 0 radical (unpaired) electrons. The van der Waals surface area contributed by atoms with Crippen molar-refractivity contribution in [2.45, 2.75) is 45.3 Å². The van der Waals surface area contributed by atoms with Gasteiger partial charge in [-0.2, -0.15) is 5.11 Å². The molecule has 1 aromatic carbocycles. The summed E-state index contributed by atoms with van der Waals surface area (Å²) < 4.78 is 15.0. The van der Waals surface area contributed by atoms with Crippen molar-refractivity contribution in [2.24, 2.45) is 11.0 Å². The summed E-state index contributed by atoms with van der Waals surface area (Å²) in [5, 5.41) is 3.27. The standard InChI is InChI=1S/C23H31N3O7/c1-4-32-20(28)14-33-18-9-11-26(12-10-18)22(29)15(2)13-19(27)16-5-7-17(8-6-16)21(25-24)23(30)31-3/h5-8,15,18,21,24H,4,9-14H2,1-3H3/t15-,21?/m1/s1. The summed E-state index contributed by atoms with van der Waals surface area (Å²) in [7, 11) is 1.22. The second kappa shape index (κ2) is 12.8. The first-order valence-corrected chi connectivity index (χ1v) is 10.9. The number of ketones is 1. The minimum atomic E-state index is -1.07. The van der Waals surface area contributed by atoms with Crippen molar-refractivity contribution >= 4 is 23.6 Å². The molecule has 0 spiro atoms. The van der Waals surface area contributed by atoms with Gasteiger partial charge in [-0.15, -0.1) is 0 Å². The molecule has 2 rings (SSSR count). The molecule has 10 nitrogen and oxygen atoms in total. The quantitative estimate of drug-likeness (QED) is 0.304. The van der Waals surface area contributed by atoms with Gasteiger partial charge in [0.1, 0.15) is 6.61 Å². The van der Waals surface area contributed by atoms with Crippen LogP contribution in [0, 0.1) is 11.4 Å². The lowest BCUT2D eigenvalue weighted by atomic mass is 9.96.